The molecule has 0 radical (unpaired) electrons. The quantitative estimate of drug-likeness (QED) is 0.270. The molecule has 0 aliphatic carbocycles. The van der Waals surface area contributed by atoms with Crippen molar-refractivity contribution >= 4 is 57.5 Å². The van der Waals surface area contributed by atoms with Gasteiger partial charge in [0.15, 0.2) is 5.16 Å². The molecule has 0 atom stereocenters. The van der Waals surface area contributed by atoms with E-state index in [0.717, 1.165) is 6.42 Å². The average molecular weight is 484 g/mol. The standard InChI is InChI=1S/C24H19Cl2N3O2S/c1-2-15-10-12-16(13-11-15)29-23(31)17-6-3-4-9-20(17)27-24(29)32-14-21(30)28-22-18(25)7-5-8-19(22)26/h3-13H,2,14H2,1H3,(H,28,30). The van der Waals surface area contributed by atoms with E-state index in [2.05, 4.69) is 17.2 Å². The maximum absolute atomic E-state index is 13.3. The first kappa shape index (κ1) is 22.4. The van der Waals surface area contributed by atoms with Crippen LogP contribution in [0.15, 0.2) is 76.7 Å². The fourth-order valence-electron chi connectivity index (χ4n) is 3.24. The largest absolute Gasteiger partial charge is 0.323 e. The number of para-hydroxylation sites is 2. The second-order valence-electron chi connectivity index (χ2n) is 7.01. The van der Waals surface area contributed by atoms with Gasteiger partial charge in [-0.05, 0) is 48.4 Å². The number of thioether (sulfide) groups is 1. The Labute approximate surface area is 199 Å². The highest BCUT2D eigenvalue weighted by molar-refractivity contribution is 7.99. The van der Waals surface area contributed by atoms with E-state index in [1.165, 1.54) is 17.3 Å². The molecular weight excluding hydrogens is 465 g/mol. The van der Waals surface area contributed by atoms with Gasteiger partial charge in [0.1, 0.15) is 0 Å². The molecule has 162 valence electrons. The number of carbonyl (C=O) groups excluding carboxylic acids is 1. The number of aromatic nitrogens is 2. The van der Waals surface area contributed by atoms with Gasteiger partial charge < -0.3 is 5.32 Å². The van der Waals surface area contributed by atoms with Gasteiger partial charge in [-0.2, -0.15) is 0 Å². The van der Waals surface area contributed by atoms with Crippen LogP contribution in [0.1, 0.15) is 12.5 Å². The Morgan fingerprint density at radius 1 is 1.00 bits per heavy atom. The van der Waals surface area contributed by atoms with Gasteiger partial charge in [-0.3, -0.25) is 14.2 Å². The van der Waals surface area contributed by atoms with Crippen LogP contribution in [0.2, 0.25) is 10.0 Å². The van der Waals surface area contributed by atoms with Gasteiger partial charge in [-0.1, -0.05) is 72.2 Å². The summed E-state index contributed by atoms with van der Waals surface area (Å²) in [5.74, 6) is -0.278. The lowest BCUT2D eigenvalue weighted by Gasteiger charge is -2.14. The first-order chi connectivity index (χ1) is 15.5. The minimum atomic E-state index is -0.305. The van der Waals surface area contributed by atoms with Gasteiger partial charge in [0.25, 0.3) is 5.56 Å². The Hall–Kier alpha value is -2.80. The van der Waals surface area contributed by atoms with Crippen molar-refractivity contribution in [2.75, 3.05) is 11.1 Å². The van der Waals surface area contributed by atoms with Gasteiger partial charge in [0, 0.05) is 0 Å². The maximum atomic E-state index is 13.3. The third-order valence-corrected chi connectivity index (χ3v) is 6.48. The summed E-state index contributed by atoms with van der Waals surface area (Å²) in [4.78, 5) is 30.6. The van der Waals surface area contributed by atoms with Crippen molar-refractivity contribution < 1.29 is 4.79 Å². The Morgan fingerprint density at radius 2 is 1.69 bits per heavy atom. The average Bonchev–Trinajstić information content (AvgIpc) is 2.80. The summed E-state index contributed by atoms with van der Waals surface area (Å²) in [6.45, 7) is 2.07. The lowest BCUT2D eigenvalue weighted by molar-refractivity contribution is -0.113. The molecule has 0 saturated heterocycles. The molecule has 5 nitrogen and oxygen atoms in total. The number of hydrogen-bond donors (Lipinski definition) is 1. The fourth-order valence-corrected chi connectivity index (χ4v) is 4.55. The monoisotopic (exact) mass is 483 g/mol. The van der Waals surface area contributed by atoms with E-state index >= 15 is 0 Å². The molecule has 0 bridgehead atoms. The minimum absolute atomic E-state index is 0.0272. The predicted octanol–water partition coefficient (Wildman–Crippen LogP) is 5.99. The lowest BCUT2D eigenvalue weighted by Crippen LogP contribution is -2.23. The van der Waals surface area contributed by atoms with Crippen molar-refractivity contribution in [1.82, 2.24) is 9.55 Å². The van der Waals surface area contributed by atoms with Gasteiger partial charge in [0.2, 0.25) is 5.91 Å². The highest BCUT2D eigenvalue weighted by Gasteiger charge is 2.16. The van der Waals surface area contributed by atoms with Crippen molar-refractivity contribution in [3.8, 4) is 5.69 Å². The van der Waals surface area contributed by atoms with E-state index in [1.807, 2.05) is 36.4 Å². The molecule has 32 heavy (non-hydrogen) atoms. The molecular formula is C24H19Cl2N3O2S. The van der Waals surface area contributed by atoms with Gasteiger partial charge in [-0.25, -0.2) is 4.98 Å². The maximum Gasteiger partial charge on any atom is 0.266 e. The van der Waals surface area contributed by atoms with Crippen LogP contribution >= 0.6 is 35.0 Å². The normalized spacial score (nSPS) is 11.0. The number of nitrogens with one attached hydrogen (secondary N) is 1. The topological polar surface area (TPSA) is 64.0 Å². The molecule has 1 amide bonds. The predicted molar refractivity (Wildman–Crippen MR) is 133 cm³/mol. The zero-order valence-electron chi connectivity index (χ0n) is 17.1. The van der Waals surface area contributed by atoms with Gasteiger partial charge >= 0.3 is 0 Å². The molecule has 0 spiro atoms. The number of hydrogen-bond acceptors (Lipinski definition) is 4. The minimum Gasteiger partial charge on any atom is -0.323 e. The van der Waals surface area contributed by atoms with Crippen LogP contribution in [-0.4, -0.2) is 21.2 Å². The molecule has 0 aliphatic rings. The van der Waals surface area contributed by atoms with Crippen molar-refractivity contribution in [1.29, 1.82) is 0 Å². The molecule has 1 N–H and O–H groups in total. The van der Waals surface area contributed by atoms with Crippen LogP contribution in [0.5, 0.6) is 0 Å². The van der Waals surface area contributed by atoms with Crippen molar-refractivity contribution in [2.45, 2.75) is 18.5 Å². The summed E-state index contributed by atoms with van der Waals surface area (Å²) < 4.78 is 1.54. The SMILES string of the molecule is CCc1ccc(-n2c(SCC(=O)Nc3c(Cl)cccc3Cl)nc3ccccc3c2=O)cc1. The molecule has 1 heterocycles. The summed E-state index contributed by atoms with van der Waals surface area (Å²) in [6.07, 6.45) is 0.900. The van der Waals surface area contributed by atoms with E-state index in [-0.39, 0.29) is 17.2 Å². The van der Waals surface area contributed by atoms with Crippen LogP contribution < -0.4 is 10.9 Å². The van der Waals surface area contributed by atoms with Crippen LogP contribution in [0.3, 0.4) is 0 Å². The summed E-state index contributed by atoms with van der Waals surface area (Å²) in [5.41, 5.74) is 2.62. The number of halogens is 2. The van der Waals surface area contributed by atoms with Crippen LogP contribution in [0.25, 0.3) is 16.6 Å². The Morgan fingerprint density at radius 3 is 2.38 bits per heavy atom. The lowest BCUT2D eigenvalue weighted by atomic mass is 10.1. The zero-order valence-corrected chi connectivity index (χ0v) is 19.5. The Kier molecular flexibility index (Phi) is 6.84. The van der Waals surface area contributed by atoms with E-state index in [4.69, 9.17) is 23.2 Å². The van der Waals surface area contributed by atoms with E-state index in [9.17, 15) is 9.59 Å². The number of fused-ring (bicyclic) bond motifs is 1. The van der Waals surface area contributed by atoms with E-state index in [0.29, 0.717) is 37.5 Å². The number of aryl methyl sites for hydroxylation is 1. The summed E-state index contributed by atoms with van der Waals surface area (Å²) in [5, 5.41) is 4.39. The first-order valence-electron chi connectivity index (χ1n) is 9.95. The number of amides is 1. The second kappa shape index (κ2) is 9.77. The number of benzene rings is 3. The highest BCUT2D eigenvalue weighted by atomic mass is 35.5. The highest BCUT2D eigenvalue weighted by Crippen LogP contribution is 2.30. The number of anilines is 1. The Bertz CT molecular complexity index is 1330. The number of rotatable bonds is 6. The smallest absolute Gasteiger partial charge is 0.266 e. The molecule has 0 saturated carbocycles. The van der Waals surface area contributed by atoms with Crippen molar-refractivity contribution in [3.05, 3.63) is 92.7 Å². The summed E-state index contributed by atoms with van der Waals surface area (Å²) >= 11 is 13.5. The van der Waals surface area contributed by atoms with Gasteiger partial charge in [-0.15, -0.1) is 0 Å². The third-order valence-electron chi connectivity index (χ3n) is 4.91. The summed E-state index contributed by atoms with van der Waals surface area (Å²) in [7, 11) is 0. The van der Waals surface area contributed by atoms with Crippen LogP contribution in [0.4, 0.5) is 5.69 Å². The molecule has 0 fully saturated rings. The molecule has 0 aliphatic heterocycles. The molecule has 8 heteroatoms. The molecule has 3 aromatic carbocycles. The van der Waals surface area contributed by atoms with E-state index in [1.54, 1.807) is 34.9 Å². The molecule has 1 aromatic heterocycles. The first-order valence-corrected chi connectivity index (χ1v) is 11.7. The van der Waals surface area contributed by atoms with Crippen LogP contribution in [-0.2, 0) is 11.2 Å². The number of carbonyl (C=O) groups is 1. The van der Waals surface area contributed by atoms with Crippen molar-refractivity contribution in [2.24, 2.45) is 0 Å². The van der Waals surface area contributed by atoms with Crippen LogP contribution in [0, 0.1) is 0 Å². The Balaban J connectivity index is 1.68. The molecule has 4 aromatic rings. The van der Waals surface area contributed by atoms with Gasteiger partial charge in [0.05, 0.1) is 38.1 Å². The van der Waals surface area contributed by atoms with Crippen molar-refractivity contribution in [3.63, 3.8) is 0 Å². The fraction of sp³-hybridized carbons (Fsp3) is 0.125. The number of nitrogens with zero attached hydrogens (tertiary/aromatic N) is 2. The van der Waals surface area contributed by atoms with E-state index < -0.39 is 0 Å². The second-order valence-corrected chi connectivity index (χ2v) is 8.76. The third kappa shape index (κ3) is 4.67. The molecule has 0 unspecified atom stereocenters. The molecule has 4 rings (SSSR count). The summed E-state index contributed by atoms with van der Waals surface area (Å²) in [6, 6.07) is 19.9. The zero-order chi connectivity index (χ0) is 22.7.